The summed E-state index contributed by atoms with van der Waals surface area (Å²) in [6, 6.07) is 25.1. The molecule has 4 rings (SSSR count). The van der Waals surface area contributed by atoms with Gasteiger partial charge >= 0.3 is 0 Å². The highest BCUT2D eigenvalue weighted by Crippen LogP contribution is 2.20. The number of carbonyl (C=O) groups is 1. The number of hydrogen-bond acceptors (Lipinski definition) is 2. The topological polar surface area (TPSA) is 42.3 Å². The maximum absolute atomic E-state index is 13.3. The summed E-state index contributed by atoms with van der Waals surface area (Å²) in [5.41, 5.74) is 2.71. The van der Waals surface area contributed by atoms with Gasteiger partial charge in [-0.1, -0.05) is 61.5 Å². The van der Waals surface area contributed by atoms with Crippen molar-refractivity contribution >= 4 is 27.7 Å². The number of nitrogens with zero attached hydrogens (tertiary/aromatic N) is 2. The standard InChI is InChI=1S/C25H24N2O2/c1-2-16-26(17-19-10-4-3-5-11-19)24(28)18-27-22-14-8-6-12-20(22)25(29)21-13-7-9-15-23(21)27/h3-15H,2,16-18H2,1H3. The molecule has 1 aromatic heterocycles. The molecule has 0 saturated heterocycles. The van der Waals surface area contributed by atoms with Crippen molar-refractivity contribution in [2.24, 2.45) is 0 Å². The van der Waals surface area contributed by atoms with Gasteiger partial charge in [0.2, 0.25) is 5.91 Å². The number of amides is 1. The smallest absolute Gasteiger partial charge is 0.242 e. The number of aromatic nitrogens is 1. The minimum Gasteiger partial charge on any atom is -0.337 e. The molecule has 0 atom stereocenters. The summed E-state index contributed by atoms with van der Waals surface area (Å²) in [5, 5.41) is 1.29. The Labute approximate surface area is 170 Å². The normalized spacial score (nSPS) is 11.1. The van der Waals surface area contributed by atoms with Crippen molar-refractivity contribution in [2.75, 3.05) is 6.54 Å². The summed E-state index contributed by atoms with van der Waals surface area (Å²) < 4.78 is 1.97. The molecule has 0 saturated carbocycles. The van der Waals surface area contributed by atoms with Crippen LogP contribution in [0.4, 0.5) is 0 Å². The predicted molar refractivity (Wildman–Crippen MR) is 118 cm³/mol. The average molecular weight is 384 g/mol. The second-order valence-corrected chi connectivity index (χ2v) is 7.25. The minimum absolute atomic E-state index is 0.00889. The molecule has 0 N–H and O–H groups in total. The van der Waals surface area contributed by atoms with Crippen LogP contribution >= 0.6 is 0 Å². The van der Waals surface area contributed by atoms with Gasteiger partial charge in [0.25, 0.3) is 0 Å². The van der Waals surface area contributed by atoms with Gasteiger partial charge in [-0.3, -0.25) is 9.59 Å². The summed E-state index contributed by atoms with van der Waals surface area (Å²) in [7, 11) is 0. The number of carbonyl (C=O) groups excluding carboxylic acids is 1. The molecule has 0 aliphatic rings. The van der Waals surface area contributed by atoms with Crippen LogP contribution in [0.2, 0.25) is 0 Å². The number of fused-ring (bicyclic) bond motifs is 2. The maximum atomic E-state index is 13.3. The van der Waals surface area contributed by atoms with E-state index in [9.17, 15) is 9.59 Å². The molecule has 0 unspecified atom stereocenters. The van der Waals surface area contributed by atoms with Gasteiger partial charge in [0, 0.05) is 23.9 Å². The molecule has 0 radical (unpaired) electrons. The molecule has 0 fully saturated rings. The Morgan fingerprint density at radius 2 is 1.38 bits per heavy atom. The first-order valence-electron chi connectivity index (χ1n) is 10.0. The van der Waals surface area contributed by atoms with Crippen molar-refractivity contribution < 1.29 is 4.79 Å². The molecule has 3 aromatic carbocycles. The molecule has 0 spiro atoms. The zero-order valence-corrected chi connectivity index (χ0v) is 16.5. The third-order valence-corrected chi connectivity index (χ3v) is 5.23. The highest BCUT2D eigenvalue weighted by Gasteiger charge is 2.17. The van der Waals surface area contributed by atoms with Gasteiger partial charge in [-0.2, -0.15) is 0 Å². The molecule has 0 aliphatic carbocycles. The van der Waals surface area contributed by atoms with Gasteiger partial charge in [-0.25, -0.2) is 0 Å². The molecule has 1 amide bonds. The van der Waals surface area contributed by atoms with Crippen molar-refractivity contribution in [1.29, 1.82) is 0 Å². The van der Waals surface area contributed by atoms with Crippen LogP contribution < -0.4 is 5.43 Å². The first-order valence-corrected chi connectivity index (χ1v) is 10.0. The van der Waals surface area contributed by atoms with Crippen molar-refractivity contribution in [1.82, 2.24) is 9.47 Å². The van der Waals surface area contributed by atoms with E-state index in [1.54, 1.807) is 0 Å². The van der Waals surface area contributed by atoms with Crippen LogP contribution in [0.25, 0.3) is 21.8 Å². The number of pyridine rings is 1. The van der Waals surface area contributed by atoms with E-state index in [2.05, 4.69) is 6.92 Å². The Kier molecular flexibility index (Phi) is 5.43. The van der Waals surface area contributed by atoms with Crippen LogP contribution in [0.3, 0.4) is 0 Å². The van der Waals surface area contributed by atoms with Crippen LogP contribution in [0.1, 0.15) is 18.9 Å². The molecule has 4 heteroatoms. The Balaban J connectivity index is 1.76. The third-order valence-electron chi connectivity index (χ3n) is 5.23. The molecule has 4 aromatic rings. The SMILES string of the molecule is CCCN(Cc1ccccc1)C(=O)Cn1c2ccccc2c(=O)c2ccccc21. The lowest BCUT2D eigenvalue weighted by molar-refractivity contribution is -0.132. The van der Waals surface area contributed by atoms with Crippen LogP contribution in [0, 0.1) is 0 Å². The van der Waals surface area contributed by atoms with Crippen LogP contribution in [0.5, 0.6) is 0 Å². The van der Waals surface area contributed by atoms with Crippen LogP contribution in [-0.2, 0) is 17.9 Å². The fourth-order valence-electron chi connectivity index (χ4n) is 3.85. The maximum Gasteiger partial charge on any atom is 0.242 e. The lowest BCUT2D eigenvalue weighted by atomic mass is 10.1. The Morgan fingerprint density at radius 1 is 0.828 bits per heavy atom. The monoisotopic (exact) mass is 384 g/mol. The first kappa shape index (κ1) is 18.9. The second-order valence-electron chi connectivity index (χ2n) is 7.25. The number of para-hydroxylation sites is 2. The van der Waals surface area contributed by atoms with E-state index in [1.165, 1.54) is 0 Å². The van der Waals surface area contributed by atoms with Gasteiger partial charge < -0.3 is 9.47 Å². The lowest BCUT2D eigenvalue weighted by Crippen LogP contribution is -2.34. The molecule has 0 bridgehead atoms. The van der Waals surface area contributed by atoms with Crippen LogP contribution in [-0.4, -0.2) is 21.9 Å². The molecular weight excluding hydrogens is 360 g/mol. The molecular formula is C25H24N2O2. The third kappa shape index (κ3) is 3.79. The Bertz CT molecular complexity index is 1150. The highest BCUT2D eigenvalue weighted by molar-refractivity contribution is 5.94. The van der Waals surface area contributed by atoms with E-state index >= 15 is 0 Å². The fraction of sp³-hybridized carbons (Fsp3) is 0.200. The molecule has 1 heterocycles. The van der Waals surface area contributed by atoms with Crippen molar-refractivity contribution in [3.05, 3.63) is 94.6 Å². The summed E-state index contributed by atoms with van der Waals surface area (Å²) in [4.78, 5) is 28.1. The Hall–Kier alpha value is -3.40. The largest absolute Gasteiger partial charge is 0.337 e. The highest BCUT2D eigenvalue weighted by atomic mass is 16.2. The molecule has 29 heavy (non-hydrogen) atoms. The first-order chi connectivity index (χ1) is 14.2. The quantitative estimate of drug-likeness (QED) is 0.456. The van der Waals surface area contributed by atoms with E-state index in [0.717, 1.165) is 23.0 Å². The number of benzene rings is 3. The van der Waals surface area contributed by atoms with E-state index in [0.29, 0.717) is 23.9 Å². The summed E-state index contributed by atoms with van der Waals surface area (Å²) in [5.74, 6) is 0.0506. The van der Waals surface area contributed by atoms with Gasteiger partial charge in [0.15, 0.2) is 5.43 Å². The zero-order chi connectivity index (χ0) is 20.2. The number of rotatable bonds is 6. The molecule has 4 nitrogen and oxygen atoms in total. The van der Waals surface area contributed by atoms with Gasteiger partial charge in [0.05, 0.1) is 11.0 Å². The summed E-state index contributed by atoms with van der Waals surface area (Å²) in [6.07, 6.45) is 0.893. The fourth-order valence-corrected chi connectivity index (χ4v) is 3.85. The van der Waals surface area contributed by atoms with Gasteiger partial charge in [-0.05, 0) is 36.2 Å². The van der Waals surface area contributed by atoms with Gasteiger partial charge in [-0.15, -0.1) is 0 Å². The predicted octanol–water partition coefficient (Wildman–Crippen LogP) is 4.59. The van der Waals surface area contributed by atoms with Gasteiger partial charge in [0.1, 0.15) is 6.54 Å². The van der Waals surface area contributed by atoms with E-state index in [4.69, 9.17) is 0 Å². The molecule has 0 aliphatic heterocycles. The van der Waals surface area contributed by atoms with E-state index in [-0.39, 0.29) is 17.9 Å². The van der Waals surface area contributed by atoms with Crippen molar-refractivity contribution in [3.8, 4) is 0 Å². The minimum atomic E-state index is 0.00889. The average Bonchev–Trinajstić information content (AvgIpc) is 2.77. The number of hydrogen-bond donors (Lipinski definition) is 0. The van der Waals surface area contributed by atoms with Crippen molar-refractivity contribution in [3.63, 3.8) is 0 Å². The second kappa shape index (κ2) is 8.31. The Morgan fingerprint density at radius 3 is 1.97 bits per heavy atom. The van der Waals surface area contributed by atoms with E-state index in [1.807, 2.05) is 88.3 Å². The summed E-state index contributed by atoms with van der Waals surface area (Å²) >= 11 is 0. The van der Waals surface area contributed by atoms with Crippen LogP contribution in [0.15, 0.2) is 83.7 Å². The molecule has 146 valence electrons. The van der Waals surface area contributed by atoms with Crippen molar-refractivity contribution in [2.45, 2.75) is 26.4 Å². The van der Waals surface area contributed by atoms with E-state index < -0.39 is 0 Å². The summed E-state index contributed by atoms with van der Waals surface area (Å²) in [6.45, 7) is 3.57. The zero-order valence-electron chi connectivity index (χ0n) is 16.5. The lowest BCUT2D eigenvalue weighted by Gasteiger charge is -2.24.